The summed E-state index contributed by atoms with van der Waals surface area (Å²) < 4.78 is 6.74. The van der Waals surface area contributed by atoms with Gasteiger partial charge in [-0.25, -0.2) is 4.98 Å². The zero-order valence-corrected chi connectivity index (χ0v) is 16.7. The number of esters is 1. The highest BCUT2D eigenvalue weighted by Crippen LogP contribution is 2.28. The molecular formula is C20H17N3O3S2. The van der Waals surface area contributed by atoms with Crippen LogP contribution in [0.1, 0.15) is 30.5 Å². The summed E-state index contributed by atoms with van der Waals surface area (Å²) in [6.07, 6.45) is 0.636. The fraction of sp³-hybridized carbons (Fsp3) is 0.200. The van der Waals surface area contributed by atoms with Gasteiger partial charge in [-0.05, 0) is 23.4 Å². The maximum atomic E-state index is 12.5. The zero-order chi connectivity index (χ0) is 19.5. The summed E-state index contributed by atoms with van der Waals surface area (Å²) in [5.74, 6) is -0.654. The van der Waals surface area contributed by atoms with Crippen molar-refractivity contribution in [3.05, 3.63) is 75.5 Å². The van der Waals surface area contributed by atoms with Gasteiger partial charge in [-0.2, -0.15) is 9.61 Å². The first-order valence-corrected chi connectivity index (χ1v) is 10.5. The molecule has 8 heteroatoms. The summed E-state index contributed by atoms with van der Waals surface area (Å²) in [5.41, 5.74) is 1.05. The van der Waals surface area contributed by atoms with E-state index in [1.807, 2.05) is 54.8 Å². The Balaban J connectivity index is 1.53. The zero-order valence-electron chi connectivity index (χ0n) is 15.1. The lowest BCUT2D eigenvalue weighted by molar-refractivity contribution is -0.147. The van der Waals surface area contributed by atoms with Gasteiger partial charge < -0.3 is 4.74 Å². The smallest absolute Gasteiger partial charge is 0.313 e. The minimum Gasteiger partial charge on any atom is -0.459 e. The molecule has 0 saturated carbocycles. The highest BCUT2D eigenvalue weighted by Gasteiger charge is 2.20. The average molecular weight is 412 g/mol. The van der Waals surface area contributed by atoms with Crippen molar-refractivity contribution < 1.29 is 9.53 Å². The van der Waals surface area contributed by atoms with Crippen LogP contribution in [-0.4, -0.2) is 20.6 Å². The standard InChI is InChI=1S/C20H17N3O3S2/c1-2-15(13-7-4-3-5-8-13)19(25)26-12-14-11-17(24)23-20(21-14)28-18(22-23)16-9-6-10-27-16/h3-11,15H,2,12H2,1H3/t15-/m0/s1. The molecule has 0 radical (unpaired) electrons. The van der Waals surface area contributed by atoms with E-state index in [0.717, 1.165) is 15.4 Å². The molecule has 0 amide bonds. The molecule has 1 aromatic carbocycles. The van der Waals surface area contributed by atoms with Crippen molar-refractivity contribution in [3.8, 4) is 9.88 Å². The first-order chi connectivity index (χ1) is 13.7. The second kappa shape index (κ2) is 8.04. The van der Waals surface area contributed by atoms with Crippen LogP contribution in [0.15, 0.2) is 58.7 Å². The van der Waals surface area contributed by atoms with Gasteiger partial charge in [0.05, 0.1) is 16.5 Å². The van der Waals surface area contributed by atoms with Crippen LogP contribution >= 0.6 is 22.7 Å². The van der Waals surface area contributed by atoms with Gasteiger partial charge >= 0.3 is 5.97 Å². The third-order valence-electron chi connectivity index (χ3n) is 4.29. The lowest BCUT2D eigenvalue weighted by atomic mass is 9.97. The van der Waals surface area contributed by atoms with E-state index >= 15 is 0 Å². The topological polar surface area (TPSA) is 73.6 Å². The summed E-state index contributed by atoms with van der Waals surface area (Å²) in [6.45, 7) is 1.90. The van der Waals surface area contributed by atoms with Crippen LogP contribution in [-0.2, 0) is 16.1 Å². The van der Waals surface area contributed by atoms with Crippen LogP contribution in [0.4, 0.5) is 0 Å². The van der Waals surface area contributed by atoms with Crippen LogP contribution in [0.2, 0.25) is 0 Å². The number of ether oxygens (including phenoxy) is 1. The Bertz CT molecular complexity index is 1150. The first-order valence-electron chi connectivity index (χ1n) is 8.81. The maximum Gasteiger partial charge on any atom is 0.313 e. The molecule has 3 aromatic heterocycles. The number of hydrogen-bond acceptors (Lipinski definition) is 7. The van der Waals surface area contributed by atoms with Crippen molar-refractivity contribution in [3.63, 3.8) is 0 Å². The van der Waals surface area contributed by atoms with Crippen molar-refractivity contribution in [2.24, 2.45) is 0 Å². The lowest BCUT2D eigenvalue weighted by Crippen LogP contribution is -2.18. The largest absolute Gasteiger partial charge is 0.459 e. The molecule has 3 heterocycles. The van der Waals surface area contributed by atoms with Crippen LogP contribution in [0.5, 0.6) is 0 Å². The fourth-order valence-corrected chi connectivity index (χ4v) is 4.62. The molecule has 6 nitrogen and oxygen atoms in total. The second-order valence-corrected chi connectivity index (χ2v) is 8.05. The molecule has 4 aromatic rings. The average Bonchev–Trinajstić information content (AvgIpc) is 3.37. The van der Waals surface area contributed by atoms with E-state index < -0.39 is 0 Å². The van der Waals surface area contributed by atoms with Gasteiger partial charge in [0.2, 0.25) is 4.96 Å². The third kappa shape index (κ3) is 3.74. The predicted octanol–water partition coefficient (Wildman–Crippen LogP) is 4.12. The van der Waals surface area contributed by atoms with Gasteiger partial charge in [0.25, 0.3) is 5.56 Å². The normalized spacial score (nSPS) is 12.2. The summed E-state index contributed by atoms with van der Waals surface area (Å²) in [7, 11) is 0. The van der Waals surface area contributed by atoms with Crippen LogP contribution < -0.4 is 5.56 Å². The molecule has 0 fully saturated rings. The third-order valence-corrected chi connectivity index (χ3v) is 6.23. The number of carbonyl (C=O) groups is 1. The minimum atomic E-state index is -0.333. The molecule has 4 rings (SSSR count). The van der Waals surface area contributed by atoms with Crippen LogP contribution in [0.25, 0.3) is 14.8 Å². The predicted molar refractivity (Wildman–Crippen MR) is 110 cm³/mol. The molecule has 28 heavy (non-hydrogen) atoms. The van der Waals surface area contributed by atoms with E-state index in [1.165, 1.54) is 21.9 Å². The number of nitrogens with zero attached hydrogens (tertiary/aromatic N) is 3. The molecule has 0 spiro atoms. The number of benzene rings is 1. The fourth-order valence-electron chi connectivity index (χ4n) is 2.90. The summed E-state index contributed by atoms with van der Waals surface area (Å²) >= 11 is 2.89. The van der Waals surface area contributed by atoms with Gasteiger partial charge in [-0.3, -0.25) is 9.59 Å². The molecule has 0 bridgehead atoms. The molecule has 0 aliphatic carbocycles. The van der Waals surface area contributed by atoms with Crippen molar-refractivity contribution in [1.29, 1.82) is 0 Å². The van der Waals surface area contributed by atoms with E-state index in [1.54, 1.807) is 11.3 Å². The second-order valence-electron chi connectivity index (χ2n) is 6.14. The van der Waals surface area contributed by atoms with Crippen molar-refractivity contribution in [1.82, 2.24) is 14.6 Å². The van der Waals surface area contributed by atoms with Gasteiger partial charge in [0.1, 0.15) is 6.61 Å². The number of carbonyl (C=O) groups excluding carboxylic acids is 1. The Labute approximate surface area is 169 Å². The molecular weight excluding hydrogens is 394 g/mol. The number of hydrogen-bond donors (Lipinski definition) is 0. The molecule has 1 atom stereocenters. The number of fused-ring (bicyclic) bond motifs is 1. The first kappa shape index (κ1) is 18.5. The van der Waals surface area contributed by atoms with Crippen molar-refractivity contribution >= 4 is 33.6 Å². The highest BCUT2D eigenvalue weighted by molar-refractivity contribution is 7.23. The molecule has 0 aliphatic heterocycles. The van der Waals surface area contributed by atoms with Crippen molar-refractivity contribution in [2.45, 2.75) is 25.9 Å². The number of aromatic nitrogens is 3. The van der Waals surface area contributed by atoms with E-state index in [9.17, 15) is 9.59 Å². The van der Waals surface area contributed by atoms with Crippen LogP contribution in [0.3, 0.4) is 0 Å². The van der Waals surface area contributed by atoms with E-state index in [-0.39, 0.29) is 24.1 Å². The molecule has 0 N–H and O–H groups in total. The minimum absolute atomic E-state index is 0.0415. The summed E-state index contributed by atoms with van der Waals surface area (Å²) in [5, 5.41) is 7.03. The Kier molecular flexibility index (Phi) is 5.31. The van der Waals surface area contributed by atoms with Crippen LogP contribution in [0, 0.1) is 0 Å². The Hall–Kier alpha value is -2.84. The van der Waals surface area contributed by atoms with Gasteiger partial charge in [-0.1, -0.05) is 54.7 Å². The number of thiophene rings is 1. The quantitative estimate of drug-likeness (QED) is 0.446. The summed E-state index contributed by atoms with van der Waals surface area (Å²) in [4.78, 5) is 30.8. The monoisotopic (exact) mass is 411 g/mol. The number of rotatable bonds is 6. The lowest BCUT2D eigenvalue weighted by Gasteiger charge is -2.14. The Morgan fingerprint density at radius 3 is 2.75 bits per heavy atom. The molecule has 142 valence electrons. The van der Waals surface area contributed by atoms with E-state index in [0.29, 0.717) is 17.1 Å². The molecule has 0 saturated heterocycles. The molecule has 0 aliphatic rings. The van der Waals surface area contributed by atoms with Gasteiger partial charge in [-0.15, -0.1) is 11.3 Å². The van der Waals surface area contributed by atoms with E-state index in [4.69, 9.17) is 4.74 Å². The van der Waals surface area contributed by atoms with Gasteiger partial charge in [0, 0.05) is 6.07 Å². The van der Waals surface area contributed by atoms with E-state index in [2.05, 4.69) is 10.1 Å². The summed E-state index contributed by atoms with van der Waals surface area (Å²) in [6, 6.07) is 14.8. The molecule has 0 unspecified atom stereocenters. The SMILES string of the molecule is CC[C@H](C(=O)OCc1cc(=O)n2nc(-c3cccs3)sc2n1)c1ccccc1. The maximum absolute atomic E-state index is 12.5. The Morgan fingerprint density at radius 1 is 1.21 bits per heavy atom. The van der Waals surface area contributed by atoms with Crippen molar-refractivity contribution in [2.75, 3.05) is 0 Å². The Morgan fingerprint density at radius 2 is 2.04 bits per heavy atom. The van der Waals surface area contributed by atoms with Gasteiger partial charge in [0.15, 0.2) is 5.01 Å². The highest BCUT2D eigenvalue weighted by atomic mass is 32.1.